The van der Waals surface area contributed by atoms with Gasteiger partial charge in [-0.2, -0.15) is 0 Å². The van der Waals surface area contributed by atoms with Gasteiger partial charge < -0.3 is 14.6 Å². The summed E-state index contributed by atoms with van der Waals surface area (Å²) in [6.07, 6.45) is 1.45. The summed E-state index contributed by atoms with van der Waals surface area (Å²) in [6.45, 7) is 0. The van der Waals surface area contributed by atoms with Gasteiger partial charge in [-0.3, -0.25) is 0 Å². The van der Waals surface area contributed by atoms with Gasteiger partial charge >= 0.3 is 5.63 Å². The van der Waals surface area contributed by atoms with Crippen molar-refractivity contribution < 1.29 is 14.6 Å². The SMILES string of the molecule is O=c1oc2cc(O)ccc2cc1N=Cc1c(O)ccc2ccccc12. The zero-order valence-electron chi connectivity index (χ0n) is 13.0. The molecule has 0 bridgehead atoms. The Labute approximate surface area is 142 Å². The van der Waals surface area contributed by atoms with E-state index < -0.39 is 5.63 Å². The van der Waals surface area contributed by atoms with Crippen LogP contribution in [0.25, 0.3) is 21.7 Å². The number of aliphatic imine (C=N–C) groups is 1. The predicted molar refractivity (Wildman–Crippen MR) is 97.0 cm³/mol. The van der Waals surface area contributed by atoms with Crippen LogP contribution in [-0.4, -0.2) is 16.4 Å². The Hall–Kier alpha value is -3.60. The second kappa shape index (κ2) is 5.79. The summed E-state index contributed by atoms with van der Waals surface area (Å²) in [7, 11) is 0. The maximum Gasteiger partial charge on any atom is 0.362 e. The molecule has 4 rings (SSSR count). The molecule has 5 heteroatoms. The highest BCUT2D eigenvalue weighted by atomic mass is 16.4. The van der Waals surface area contributed by atoms with Crippen LogP contribution in [0.15, 0.2) is 74.9 Å². The quantitative estimate of drug-likeness (QED) is 0.428. The molecule has 0 spiro atoms. The molecule has 0 saturated carbocycles. The molecule has 0 amide bonds. The molecule has 0 aliphatic carbocycles. The minimum Gasteiger partial charge on any atom is -0.508 e. The summed E-state index contributed by atoms with van der Waals surface area (Å²) >= 11 is 0. The Morgan fingerprint density at radius 2 is 1.72 bits per heavy atom. The van der Waals surface area contributed by atoms with E-state index in [1.807, 2.05) is 30.3 Å². The lowest BCUT2D eigenvalue weighted by atomic mass is 10.0. The number of rotatable bonds is 2. The van der Waals surface area contributed by atoms with Crippen LogP contribution in [0.2, 0.25) is 0 Å². The van der Waals surface area contributed by atoms with Crippen molar-refractivity contribution in [1.82, 2.24) is 0 Å². The summed E-state index contributed by atoms with van der Waals surface area (Å²) in [6, 6.07) is 17.1. The molecular formula is C20H13NO4. The van der Waals surface area contributed by atoms with Crippen molar-refractivity contribution in [2.45, 2.75) is 0 Å². The molecule has 122 valence electrons. The molecule has 0 fully saturated rings. The number of fused-ring (bicyclic) bond motifs is 2. The molecule has 0 atom stereocenters. The third-order valence-corrected chi connectivity index (χ3v) is 3.98. The molecule has 0 saturated heterocycles. The number of phenolic OH excluding ortho intramolecular Hbond substituents is 2. The molecule has 0 aliphatic rings. The zero-order chi connectivity index (χ0) is 17.4. The van der Waals surface area contributed by atoms with Gasteiger partial charge in [0.25, 0.3) is 0 Å². The average molecular weight is 331 g/mol. The molecule has 2 N–H and O–H groups in total. The van der Waals surface area contributed by atoms with Crippen LogP contribution in [-0.2, 0) is 0 Å². The Bertz CT molecular complexity index is 1190. The lowest BCUT2D eigenvalue weighted by molar-refractivity contribution is 0.473. The van der Waals surface area contributed by atoms with Gasteiger partial charge in [0.05, 0.1) is 0 Å². The smallest absolute Gasteiger partial charge is 0.362 e. The van der Waals surface area contributed by atoms with Gasteiger partial charge in [-0.1, -0.05) is 30.3 Å². The maximum atomic E-state index is 12.1. The van der Waals surface area contributed by atoms with Crippen LogP contribution in [0.5, 0.6) is 11.5 Å². The van der Waals surface area contributed by atoms with Crippen molar-refractivity contribution in [3.8, 4) is 11.5 Å². The van der Waals surface area contributed by atoms with E-state index in [2.05, 4.69) is 4.99 Å². The fourth-order valence-corrected chi connectivity index (χ4v) is 2.73. The second-order valence-electron chi connectivity index (χ2n) is 5.62. The number of hydrogen-bond donors (Lipinski definition) is 2. The summed E-state index contributed by atoms with van der Waals surface area (Å²) in [5.74, 6) is 0.102. The molecule has 1 heterocycles. The largest absolute Gasteiger partial charge is 0.508 e. The van der Waals surface area contributed by atoms with Crippen molar-refractivity contribution in [3.63, 3.8) is 0 Å². The number of benzene rings is 3. The van der Waals surface area contributed by atoms with E-state index >= 15 is 0 Å². The molecule has 3 aromatic carbocycles. The highest BCUT2D eigenvalue weighted by molar-refractivity contribution is 6.03. The third-order valence-electron chi connectivity index (χ3n) is 3.98. The van der Waals surface area contributed by atoms with E-state index in [9.17, 15) is 15.0 Å². The van der Waals surface area contributed by atoms with Gasteiger partial charge in [-0.05, 0) is 35.0 Å². The van der Waals surface area contributed by atoms with E-state index in [1.54, 1.807) is 18.2 Å². The minimum atomic E-state index is -0.617. The van der Waals surface area contributed by atoms with Crippen LogP contribution in [0.3, 0.4) is 0 Å². The Morgan fingerprint density at radius 1 is 0.920 bits per heavy atom. The molecular weight excluding hydrogens is 318 g/mol. The highest BCUT2D eigenvalue weighted by Gasteiger charge is 2.07. The Morgan fingerprint density at radius 3 is 2.60 bits per heavy atom. The first kappa shape index (κ1) is 15.0. The van der Waals surface area contributed by atoms with Gasteiger partial charge in [0.1, 0.15) is 22.8 Å². The van der Waals surface area contributed by atoms with Crippen LogP contribution < -0.4 is 5.63 Å². The molecule has 4 aromatic rings. The first-order valence-corrected chi connectivity index (χ1v) is 7.63. The zero-order valence-corrected chi connectivity index (χ0v) is 13.0. The van der Waals surface area contributed by atoms with Crippen LogP contribution in [0.1, 0.15) is 5.56 Å². The van der Waals surface area contributed by atoms with Crippen molar-refractivity contribution in [3.05, 3.63) is 76.6 Å². The first-order chi connectivity index (χ1) is 12.1. The fourth-order valence-electron chi connectivity index (χ4n) is 2.73. The van der Waals surface area contributed by atoms with Crippen LogP contribution in [0, 0.1) is 0 Å². The topological polar surface area (TPSA) is 83.0 Å². The molecule has 0 aliphatic heterocycles. The summed E-state index contributed by atoms with van der Waals surface area (Å²) in [4.78, 5) is 16.3. The molecule has 0 unspecified atom stereocenters. The number of phenols is 2. The summed E-state index contributed by atoms with van der Waals surface area (Å²) in [5.41, 5.74) is 0.319. The third kappa shape index (κ3) is 2.72. The Balaban J connectivity index is 1.84. The summed E-state index contributed by atoms with van der Waals surface area (Å²) in [5, 5.41) is 22.0. The molecule has 1 aromatic heterocycles. The normalized spacial score (nSPS) is 11.5. The van der Waals surface area contributed by atoms with Crippen molar-refractivity contribution in [2.24, 2.45) is 4.99 Å². The van der Waals surface area contributed by atoms with E-state index in [1.165, 1.54) is 18.3 Å². The monoisotopic (exact) mass is 331 g/mol. The van der Waals surface area contributed by atoms with Gasteiger partial charge in [-0.15, -0.1) is 0 Å². The summed E-state index contributed by atoms with van der Waals surface area (Å²) < 4.78 is 5.19. The lowest BCUT2D eigenvalue weighted by Gasteiger charge is -2.04. The van der Waals surface area contributed by atoms with Gasteiger partial charge in [-0.25, -0.2) is 9.79 Å². The van der Waals surface area contributed by atoms with Crippen LogP contribution in [0.4, 0.5) is 5.69 Å². The van der Waals surface area contributed by atoms with Gasteiger partial charge in [0.2, 0.25) is 0 Å². The standard InChI is InChI=1S/C20H13NO4/c22-14-7-5-13-9-17(20(24)25-19(13)10-14)21-11-16-15-4-2-1-3-12(15)6-8-18(16)23/h1-11,22-23H. The molecule has 0 radical (unpaired) electrons. The number of aromatic hydroxyl groups is 2. The Kier molecular flexibility index (Phi) is 3.47. The first-order valence-electron chi connectivity index (χ1n) is 7.63. The minimum absolute atomic E-state index is 0.0209. The second-order valence-corrected chi connectivity index (χ2v) is 5.62. The molecule has 25 heavy (non-hydrogen) atoms. The van der Waals surface area contributed by atoms with Gasteiger partial charge in [0.15, 0.2) is 0 Å². The van der Waals surface area contributed by atoms with Crippen molar-refractivity contribution in [1.29, 1.82) is 0 Å². The van der Waals surface area contributed by atoms with E-state index in [-0.39, 0.29) is 22.8 Å². The van der Waals surface area contributed by atoms with E-state index in [0.717, 1.165) is 10.8 Å². The number of nitrogens with zero attached hydrogens (tertiary/aromatic N) is 1. The molecule has 5 nitrogen and oxygen atoms in total. The van der Waals surface area contributed by atoms with E-state index in [4.69, 9.17) is 4.42 Å². The predicted octanol–water partition coefficient (Wildman–Crippen LogP) is 4.11. The lowest BCUT2D eigenvalue weighted by Crippen LogP contribution is -1.98. The van der Waals surface area contributed by atoms with Crippen molar-refractivity contribution >= 4 is 33.6 Å². The maximum absolute atomic E-state index is 12.1. The fraction of sp³-hybridized carbons (Fsp3) is 0. The van der Waals surface area contributed by atoms with Crippen molar-refractivity contribution in [2.75, 3.05) is 0 Å². The van der Waals surface area contributed by atoms with Gasteiger partial charge in [0, 0.05) is 23.2 Å². The highest BCUT2D eigenvalue weighted by Crippen LogP contribution is 2.26. The average Bonchev–Trinajstić information content (AvgIpc) is 2.61. The van der Waals surface area contributed by atoms with E-state index in [0.29, 0.717) is 10.9 Å². The number of hydrogen-bond acceptors (Lipinski definition) is 5. The van der Waals surface area contributed by atoms with Crippen LogP contribution >= 0.6 is 0 Å².